The Morgan fingerprint density at radius 1 is 1.50 bits per heavy atom. The van der Waals surface area contributed by atoms with Crippen LogP contribution in [0.25, 0.3) is 5.69 Å². The summed E-state index contributed by atoms with van der Waals surface area (Å²) in [4.78, 5) is 10.9. The second-order valence-corrected chi connectivity index (χ2v) is 3.57. The number of carboxylic acids is 1. The molecule has 0 amide bonds. The lowest BCUT2D eigenvalue weighted by atomic mass is 10.1. The van der Waals surface area contributed by atoms with E-state index in [4.69, 9.17) is 16.1 Å². The number of aromatic nitrogens is 1. The van der Waals surface area contributed by atoms with Gasteiger partial charge in [0.1, 0.15) is 17.6 Å². The van der Waals surface area contributed by atoms with Crippen molar-refractivity contribution >= 4 is 11.7 Å². The van der Waals surface area contributed by atoms with Crippen molar-refractivity contribution in [3.8, 4) is 11.8 Å². The van der Waals surface area contributed by atoms with Gasteiger partial charge in [-0.1, -0.05) is 0 Å². The van der Waals surface area contributed by atoms with Gasteiger partial charge in [0.15, 0.2) is 0 Å². The zero-order valence-electron chi connectivity index (χ0n) is 9.09. The van der Waals surface area contributed by atoms with Crippen molar-refractivity contribution in [2.24, 2.45) is 0 Å². The third-order valence-electron chi connectivity index (χ3n) is 2.47. The molecule has 2 aromatic rings. The van der Waals surface area contributed by atoms with Crippen LogP contribution in [0.4, 0.5) is 10.1 Å². The number of carbonyl (C=O) groups is 1. The zero-order valence-corrected chi connectivity index (χ0v) is 9.09. The number of rotatable bonds is 2. The molecule has 1 aromatic heterocycles. The Morgan fingerprint density at radius 2 is 2.22 bits per heavy atom. The Bertz CT molecular complexity index is 670. The standard InChI is InChI=1S/C12H8FN3O2/c13-9-5-10(15)8(12(17)18)4-11(9)16-3-1-2-7(16)6-14/h1-5H,15H2,(H,17,18). The predicted molar refractivity (Wildman–Crippen MR) is 61.8 cm³/mol. The van der Waals surface area contributed by atoms with Crippen LogP contribution in [-0.4, -0.2) is 15.6 Å². The summed E-state index contributed by atoms with van der Waals surface area (Å²) in [7, 11) is 0. The molecule has 1 aromatic carbocycles. The first-order chi connectivity index (χ1) is 8.54. The molecule has 6 heteroatoms. The Morgan fingerprint density at radius 3 is 2.83 bits per heavy atom. The number of benzene rings is 1. The van der Waals surface area contributed by atoms with E-state index in [0.717, 1.165) is 12.1 Å². The molecular formula is C12H8FN3O2. The number of hydrogen-bond acceptors (Lipinski definition) is 3. The van der Waals surface area contributed by atoms with Crippen LogP contribution in [0.3, 0.4) is 0 Å². The maximum absolute atomic E-state index is 13.8. The Balaban J connectivity index is 2.69. The summed E-state index contributed by atoms with van der Waals surface area (Å²) >= 11 is 0. The topological polar surface area (TPSA) is 92.0 Å². The molecule has 2 rings (SSSR count). The molecule has 3 N–H and O–H groups in total. The molecule has 0 aliphatic rings. The number of halogens is 1. The van der Waals surface area contributed by atoms with Crippen molar-refractivity contribution in [1.29, 1.82) is 5.26 Å². The number of carboxylic acid groups (broad SMARTS) is 1. The smallest absolute Gasteiger partial charge is 0.337 e. The van der Waals surface area contributed by atoms with E-state index >= 15 is 0 Å². The van der Waals surface area contributed by atoms with E-state index in [1.165, 1.54) is 16.8 Å². The molecule has 0 saturated carbocycles. The van der Waals surface area contributed by atoms with Gasteiger partial charge in [-0.15, -0.1) is 0 Å². The summed E-state index contributed by atoms with van der Waals surface area (Å²) in [6, 6.07) is 6.98. The summed E-state index contributed by atoms with van der Waals surface area (Å²) in [6.45, 7) is 0. The molecule has 0 fully saturated rings. The first kappa shape index (κ1) is 11.7. The van der Waals surface area contributed by atoms with E-state index in [1.807, 2.05) is 6.07 Å². The lowest BCUT2D eigenvalue weighted by Crippen LogP contribution is -2.07. The number of nitrogens with zero attached hydrogens (tertiary/aromatic N) is 2. The summed E-state index contributed by atoms with van der Waals surface area (Å²) in [6.07, 6.45) is 1.47. The van der Waals surface area contributed by atoms with Crippen LogP contribution in [0, 0.1) is 17.1 Å². The fourth-order valence-corrected chi connectivity index (χ4v) is 1.63. The van der Waals surface area contributed by atoms with Crippen LogP contribution in [0.2, 0.25) is 0 Å². The highest BCUT2D eigenvalue weighted by atomic mass is 19.1. The van der Waals surface area contributed by atoms with E-state index in [1.54, 1.807) is 6.07 Å². The van der Waals surface area contributed by atoms with Crippen LogP contribution >= 0.6 is 0 Å². The van der Waals surface area contributed by atoms with Crippen LogP contribution in [-0.2, 0) is 0 Å². The van der Waals surface area contributed by atoms with E-state index in [-0.39, 0.29) is 22.6 Å². The third kappa shape index (κ3) is 1.78. The van der Waals surface area contributed by atoms with Crippen molar-refractivity contribution in [2.45, 2.75) is 0 Å². The normalized spacial score (nSPS) is 10.0. The number of aromatic carboxylic acids is 1. The average molecular weight is 245 g/mol. The maximum Gasteiger partial charge on any atom is 0.337 e. The monoisotopic (exact) mass is 245 g/mol. The van der Waals surface area contributed by atoms with Crippen molar-refractivity contribution in [3.63, 3.8) is 0 Å². The van der Waals surface area contributed by atoms with Crippen molar-refractivity contribution in [1.82, 2.24) is 4.57 Å². The minimum atomic E-state index is -1.25. The molecule has 0 aliphatic carbocycles. The van der Waals surface area contributed by atoms with E-state index < -0.39 is 11.8 Å². The van der Waals surface area contributed by atoms with Crippen molar-refractivity contribution in [3.05, 3.63) is 47.5 Å². The number of nitrogens with two attached hydrogens (primary N) is 1. The van der Waals surface area contributed by atoms with Gasteiger partial charge in [0, 0.05) is 11.9 Å². The number of anilines is 1. The van der Waals surface area contributed by atoms with Crippen LogP contribution in [0.5, 0.6) is 0 Å². The Kier molecular flexibility index (Phi) is 2.73. The van der Waals surface area contributed by atoms with Crippen LogP contribution in [0.1, 0.15) is 16.1 Å². The maximum atomic E-state index is 13.8. The van der Waals surface area contributed by atoms with E-state index in [9.17, 15) is 9.18 Å². The molecule has 0 radical (unpaired) electrons. The number of nitriles is 1. The second-order valence-electron chi connectivity index (χ2n) is 3.57. The second kappa shape index (κ2) is 4.22. The van der Waals surface area contributed by atoms with Gasteiger partial charge in [-0.25, -0.2) is 9.18 Å². The van der Waals surface area contributed by atoms with E-state index in [0.29, 0.717) is 0 Å². The molecule has 90 valence electrons. The fraction of sp³-hybridized carbons (Fsp3) is 0. The summed E-state index contributed by atoms with van der Waals surface area (Å²) in [5, 5.41) is 17.8. The SMILES string of the molecule is N#Cc1cccn1-c1cc(C(=O)O)c(N)cc1F. The van der Waals surface area contributed by atoms with Gasteiger partial charge in [-0.2, -0.15) is 5.26 Å². The van der Waals surface area contributed by atoms with Crippen molar-refractivity contribution < 1.29 is 14.3 Å². The molecule has 18 heavy (non-hydrogen) atoms. The van der Waals surface area contributed by atoms with Gasteiger partial charge in [0.05, 0.1) is 11.3 Å². The van der Waals surface area contributed by atoms with Crippen LogP contribution < -0.4 is 5.73 Å². The summed E-state index contributed by atoms with van der Waals surface area (Å²) < 4.78 is 15.0. The molecule has 0 spiro atoms. The van der Waals surface area contributed by atoms with Crippen LogP contribution in [0.15, 0.2) is 30.5 Å². The minimum absolute atomic E-state index is 0.0249. The number of nitrogen functional groups attached to an aromatic ring is 1. The quantitative estimate of drug-likeness (QED) is 0.788. The van der Waals surface area contributed by atoms with Gasteiger partial charge in [0.25, 0.3) is 0 Å². The minimum Gasteiger partial charge on any atom is -0.478 e. The third-order valence-corrected chi connectivity index (χ3v) is 2.47. The van der Waals surface area contributed by atoms with Gasteiger partial charge in [0.2, 0.25) is 0 Å². The van der Waals surface area contributed by atoms with E-state index in [2.05, 4.69) is 0 Å². The lowest BCUT2D eigenvalue weighted by molar-refractivity contribution is 0.0698. The largest absolute Gasteiger partial charge is 0.478 e. The first-order valence-corrected chi connectivity index (χ1v) is 4.94. The summed E-state index contributed by atoms with van der Waals surface area (Å²) in [5.74, 6) is -1.94. The lowest BCUT2D eigenvalue weighted by Gasteiger charge is -2.09. The molecule has 5 nitrogen and oxygen atoms in total. The molecule has 0 unspecified atom stereocenters. The highest BCUT2D eigenvalue weighted by Crippen LogP contribution is 2.22. The Labute approximate surface area is 101 Å². The summed E-state index contributed by atoms with van der Waals surface area (Å²) in [5.41, 5.74) is 5.24. The Hall–Kier alpha value is -2.81. The fourth-order valence-electron chi connectivity index (χ4n) is 1.63. The molecular weight excluding hydrogens is 237 g/mol. The van der Waals surface area contributed by atoms with Gasteiger partial charge >= 0.3 is 5.97 Å². The van der Waals surface area contributed by atoms with Gasteiger partial charge in [-0.05, 0) is 24.3 Å². The van der Waals surface area contributed by atoms with Gasteiger partial charge < -0.3 is 15.4 Å². The zero-order chi connectivity index (χ0) is 13.3. The molecule has 1 heterocycles. The van der Waals surface area contributed by atoms with Crippen molar-refractivity contribution in [2.75, 3.05) is 5.73 Å². The first-order valence-electron chi connectivity index (χ1n) is 4.94. The molecule has 0 bridgehead atoms. The predicted octanol–water partition coefficient (Wildman–Crippen LogP) is 1.77. The highest BCUT2D eigenvalue weighted by Gasteiger charge is 2.15. The average Bonchev–Trinajstić information content (AvgIpc) is 2.76. The molecule has 0 saturated heterocycles. The highest BCUT2D eigenvalue weighted by molar-refractivity contribution is 5.94. The molecule has 0 atom stereocenters. The number of hydrogen-bond donors (Lipinski definition) is 2. The van der Waals surface area contributed by atoms with Gasteiger partial charge in [-0.3, -0.25) is 0 Å². The molecule has 0 aliphatic heterocycles.